The van der Waals surface area contributed by atoms with Crippen LogP contribution in [-0.2, 0) is 12.0 Å². The first-order chi connectivity index (χ1) is 10.1. The summed E-state index contributed by atoms with van der Waals surface area (Å²) in [6.45, 7) is 4.46. The highest BCUT2D eigenvalue weighted by atomic mass is 79.9. The van der Waals surface area contributed by atoms with Crippen LogP contribution in [0.15, 0.2) is 39.6 Å². The second kappa shape index (κ2) is 5.36. The third kappa shape index (κ3) is 2.71. The summed E-state index contributed by atoms with van der Waals surface area (Å²) < 4.78 is 7.84. The summed E-state index contributed by atoms with van der Waals surface area (Å²) in [6, 6.07) is 8.01. The number of rotatable bonds is 4. The Labute approximate surface area is 129 Å². The first-order valence-electron chi connectivity index (χ1n) is 6.36. The van der Waals surface area contributed by atoms with E-state index in [1.165, 1.54) is 11.0 Å². The molecule has 0 bridgehead atoms. The summed E-state index contributed by atoms with van der Waals surface area (Å²) >= 11 is 3.57. The summed E-state index contributed by atoms with van der Waals surface area (Å²) in [5, 5.41) is 15.0. The first kappa shape index (κ1) is 13.9. The summed E-state index contributed by atoms with van der Waals surface area (Å²) in [4.78, 5) is 4.46. The van der Waals surface area contributed by atoms with E-state index in [4.69, 9.17) is 4.52 Å². The normalized spacial score (nSPS) is 11.8. The molecule has 1 aromatic carbocycles. The maximum Gasteiger partial charge on any atom is 0.248 e. The van der Waals surface area contributed by atoms with E-state index in [-0.39, 0.29) is 5.41 Å². The van der Waals surface area contributed by atoms with Gasteiger partial charge in [0, 0.05) is 4.47 Å². The SMILES string of the molecule is CC(C)(c1noc(Cn2cnnn2)n1)c1ccccc1Br. The number of nitrogens with zero attached hydrogens (tertiary/aromatic N) is 6. The molecule has 0 saturated carbocycles. The van der Waals surface area contributed by atoms with Gasteiger partial charge in [-0.15, -0.1) is 5.10 Å². The maximum absolute atomic E-state index is 5.29. The van der Waals surface area contributed by atoms with Crippen LogP contribution in [0.4, 0.5) is 0 Å². The molecular formula is C13H13BrN6O. The molecule has 0 N–H and O–H groups in total. The van der Waals surface area contributed by atoms with Crippen molar-refractivity contribution >= 4 is 15.9 Å². The lowest BCUT2D eigenvalue weighted by molar-refractivity contribution is 0.354. The highest BCUT2D eigenvalue weighted by molar-refractivity contribution is 9.10. The second-order valence-electron chi connectivity index (χ2n) is 5.12. The third-order valence-electron chi connectivity index (χ3n) is 3.26. The van der Waals surface area contributed by atoms with Crippen molar-refractivity contribution in [2.45, 2.75) is 25.8 Å². The van der Waals surface area contributed by atoms with E-state index in [1.54, 1.807) is 0 Å². The Kier molecular flexibility index (Phi) is 3.54. The van der Waals surface area contributed by atoms with E-state index >= 15 is 0 Å². The van der Waals surface area contributed by atoms with E-state index in [2.05, 4.69) is 55.4 Å². The zero-order chi connectivity index (χ0) is 14.9. The van der Waals surface area contributed by atoms with Gasteiger partial charge in [0.2, 0.25) is 5.89 Å². The summed E-state index contributed by atoms with van der Waals surface area (Å²) in [7, 11) is 0. The van der Waals surface area contributed by atoms with Gasteiger partial charge in [0.25, 0.3) is 0 Å². The fourth-order valence-electron chi connectivity index (χ4n) is 2.05. The van der Waals surface area contributed by atoms with Crippen molar-refractivity contribution in [3.8, 4) is 0 Å². The number of hydrogen-bond donors (Lipinski definition) is 0. The molecule has 3 aromatic rings. The van der Waals surface area contributed by atoms with E-state index in [0.717, 1.165) is 10.0 Å². The molecule has 0 atom stereocenters. The molecule has 0 amide bonds. The Morgan fingerprint density at radius 2 is 2.10 bits per heavy atom. The number of tetrazole rings is 1. The fraction of sp³-hybridized carbons (Fsp3) is 0.308. The van der Waals surface area contributed by atoms with Gasteiger partial charge >= 0.3 is 0 Å². The minimum Gasteiger partial charge on any atom is -0.337 e. The van der Waals surface area contributed by atoms with Crippen molar-refractivity contribution in [3.63, 3.8) is 0 Å². The van der Waals surface area contributed by atoms with Crippen LogP contribution in [0, 0.1) is 0 Å². The predicted octanol–water partition coefficient (Wildman–Crippen LogP) is 2.19. The van der Waals surface area contributed by atoms with Gasteiger partial charge in [-0.2, -0.15) is 4.98 Å². The van der Waals surface area contributed by atoms with Crippen LogP contribution >= 0.6 is 15.9 Å². The molecule has 0 aliphatic carbocycles. The van der Waals surface area contributed by atoms with E-state index in [0.29, 0.717) is 18.3 Å². The van der Waals surface area contributed by atoms with Crippen molar-refractivity contribution in [1.29, 1.82) is 0 Å². The molecule has 2 aromatic heterocycles. The van der Waals surface area contributed by atoms with Gasteiger partial charge in [-0.1, -0.05) is 39.3 Å². The van der Waals surface area contributed by atoms with Crippen molar-refractivity contribution in [2.24, 2.45) is 0 Å². The Balaban J connectivity index is 1.90. The molecule has 0 aliphatic heterocycles. The van der Waals surface area contributed by atoms with Crippen LogP contribution < -0.4 is 0 Å². The highest BCUT2D eigenvalue weighted by Gasteiger charge is 2.30. The minimum atomic E-state index is -0.373. The molecule has 0 fully saturated rings. The topological polar surface area (TPSA) is 82.5 Å². The summed E-state index contributed by atoms with van der Waals surface area (Å²) in [5.41, 5.74) is 0.724. The standard InChI is InChI=1S/C13H13BrN6O/c1-13(2,9-5-3-4-6-10(9)14)12-16-11(21-17-12)7-20-8-15-18-19-20/h3-6,8H,7H2,1-2H3. The number of halogens is 1. The van der Waals surface area contributed by atoms with Gasteiger partial charge in [0.15, 0.2) is 5.82 Å². The minimum absolute atomic E-state index is 0.353. The molecule has 3 rings (SSSR count). The smallest absolute Gasteiger partial charge is 0.248 e. The van der Waals surface area contributed by atoms with Crippen LogP contribution in [-0.4, -0.2) is 30.3 Å². The number of benzene rings is 1. The van der Waals surface area contributed by atoms with Crippen molar-refractivity contribution < 1.29 is 4.52 Å². The predicted molar refractivity (Wildman–Crippen MR) is 77.5 cm³/mol. The molecule has 21 heavy (non-hydrogen) atoms. The van der Waals surface area contributed by atoms with Gasteiger partial charge in [0.1, 0.15) is 12.9 Å². The van der Waals surface area contributed by atoms with Crippen molar-refractivity contribution in [1.82, 2.24) is 30.3 Å². The molecule has 108 valence electrons. The Morgan fingerprint density at radius 1 is 1.29 bits per heavy atom. The molecule has 0 saturated heterocycles. The van der Waals surface area contributed by atoms with Crippen LogP contribution in [0.2, 0.25) is 0 Å². The average Bonchev–Trinajstić information content (AvgIpc) is 3.11. The summed E-state index contributed by atoms with van der Waals surface area (Å²) in [5.74, 6) is 1.09. The summed E-state index contributed by atoms with van der Waals surface area (Å²) in [6.07, 6.45) is 1.50. The lowest BCUT2D eigenvalue weighted by Crippen LogP contribution is -2.21. The Bertz CT molecular complexity index is 737. The zero-order valence-electron chi connectivity index (χ0n) is 11.6. The highest BCUT2D eigenvalue weighted by Crippen LogP contribution is 2.34. The van der Waals surface area contributed by atoms with E-state index in [1.807, 2.05) is 24.3 Å². The number of hydrogen-bond acceptors (Lipinski definition) is 6. The van der Waals surface area contributed by atoms with E-state index < -0.39 is 0 Å². The monoisotopic (exact) mass is 348 g/mol. The van der Waals surface area contributed by atoms with Gasteiger partial charge in [-0.05, 0) is 35.9 Å². The van der Waals surface area contributed by atoms with Gasteiger partial charge in [0.05, 0.1) is 5.41 Å². The molecule has 7 nitrogen and oxygen atoms in total. The Morgan fingerprint density at radius 3 is 2.81 bits per heavy atom. The molecular weight excluding hydrogens is 336 g/mol. The van der Waals surface area contributed by atoms with Crippen LogP contribution in [0.25, 0.3) is 0 Å². The largest absolute Gasteiger partial charge is 0.337 e. The quantitative estimate of drug-likeness (QED) is 0.718. The molecule has 0 unspecified atom stereocenters. The molecule has 0 aliphatic rings. The van der Waals surface area contributed by atoms with Crippen molar-refractivity contribution in [2.75, 3.05) is 0 Å². The average molecular weight is 349 g/mol. The Hall–Kier alpha value is -2.09. The zero-order valence-corrected chi connectivity index (χ0v) is 13.1. The third-order valence-corrected chi connectivity index (χ3v) is 3.95. The molecule has 0 spiro atoms. The number of aromatic nitrogens is 6. The molecule has 8 heteroatoms. The van der Waals surface area contributed by atoms with Gasteiger partial charge in [-0.25, -0.2) is 4.68 Å². The lowest BCUT2D eigenvalue weighted by Gasteiger charge is -2.22. The maximum atomic E-state index is 5.29. The van der Waals surface area contributed by atoms with E-state index in [9.17, 15) is 0 Å². The van der Waals surface area contributed by atoms with Gasteiger partial charge < -0.3 is 4.52 Å². The fourth-order valence-corrected chi connectivity index (χ4v) is 2.83. The first-order valence-corrected chi connectivity index (χ1v) is 7.15. The van der Waals surface area contributed by atoms with Gasteiger partial charge in [-0.3, -0.25) is 0 Å². The van der Waals surface area contributed by atoms with Crippen LogP contribution in [0.5, 0.6) is 0 Å². The molecule has 0 radical (unpaired) electrons. The second-order valence-corrected chi connectivity index (χ2v) is 5.98. The molecule has 2 heterocycles. The van der Waals surface area contributed by atoms with Crippen molar-refractivity contribution in [3.05, 3.63) is 52.3 Å². The van der Waals surface area contributed by atoms with Crippen LogP contribution in [0.3, 0.4) is 0 Å². The lowest BCUT2D eigenvalue weighted by atomic mass is 9.84. The van der Waals surface area contributed by atoms with Crippen LogP contribution in [0.1, 0.15) is 31.1 Å².